The predicted molar refractivity (Wildman–Crippen MR) is 85.0 cm³/mol. The van der Waals surface area contributed by atoms with Gasteiger partial charge in [-0.05, 0) is 29.8 Å². The van der Waals surface area contributed by atoms with Crippen molar-refractivity contribution < 1.29 is 9.53 Å². The highest BCUT2D eigenvalue weighted by Crippen LogP contribution is 2.09. The second-order valence-corrected chi connectivity index (χ2v) is 4.74. The van der Waals surface area contributed by atoms with E-state index >= 15 is 0 Å². The summed E-state index contributed by atoms with van der Waals surface area (Å²) in [5.41, 5.74) is 1.83. The smallest absolute Gasteiger partial charge is 0.331 e. The molecule has 0 aliphatic rings. The third-order valence-electron chi connectivity index (χ3n) is 3.25. The van der Waals surface area contributed by atoms with Crippen LogP contribution in [0.3, 0.4) is 0 Å². The first-order valence-corrected chi connectivity index (χ1v) is 6.68. The summed E-state index contributed by atoms with van der Waals surface area (Å²) in [5.74, 6) is 0.0633. The van der Waals surface area contributed by atoms with Crippen LogP contribution in [0.25, 0.3) is 0 Å². The first kappa shape index (κ1) is 16.2. The normalized spacial score (nSPS) is 10.7. The molecule has 0 aliphatic carbocycles. The van der Waals surface area contributed by atoms with Crippen molar-refractivity contribution in [3.8, 4) is 5.75 Å². The average Bonchev–Trinajstić information content (AvgIpc) is 2.56. The Hall–Kier alpha value is -3.16. The van der Waals surface area contributed by atoms with Gasteiger partial charge < -0.3 is 4.74 Å². The summed E-state index contributed by atoms with van der Waals surface area (Å²) in [6, 6.07) is 8.13. The maximum Gasteiger partial charge on any atom is 0.331 e. The highest BCUT2D eigenvalue weighted by molar-refractivity contribution is 5.93. The Bertz CT molecular complexity index is 863. The molecule has 1 heterocycles. The Kier molecular flexibility index (Phi) is 4.75. The zero-order valence-corrected chi connectivity index (χ0v) is 12.9. The highest BCUT2D eigenvalue weighted by Gasteiger charge is 2.12. The van der Waals surface area contributed by atoms with Crippen LogP contribution in [-0.4, -0.2) is 28.4 Å². The molecule has 8 nitrogen and oxygen atoms in total. The Balaban J connectivity index is 2.15. The summed E-state index contributed by atoms with van der Waals surface area (Å²) >= 11 is 0. The molecule has 0 fully saturated rings. The number of nitrogens with zero attached hydrogens (tertiary/aromatic N) is 3. The monoisotopic (exact) mass is 316 g/mol. The Morgan fingerprint density at radius 1 is 1.17 bits per heavy atom. The van der Waals surface area contributed by atoms with Crippen LogP contribution in [0.5, 0.6) is 5.75 Å². The van der Waals surface area contributed by atoms with Crippen LogP contribution < -0.4 is 21.4 Å². The first-order valence-electron chi connectivity index (χ1n) is 6.68. The van der Waals surface area contributed by atoms with Gasteiger partial charge in [-0.2, -0.15) is 5.10 Å². The average molecular weight is 316 g/mol. The van der Waals surface area contributed by atoms with Gasteiger partial charge in [0.2, 0.25) is 0 Å². The van der Waals surface area contributed by atoms with Gasteiger partial charge in [0.15, 0.2) is 0 Å². The first-order chi connectivity index (χ1) is 10.9. The van der Waals surface area contributed by atoms with Crippen molar-refractivity contribution in [3.63, 3.8) is 0 Å². The zero-order chi connectivity index (χ0) is 17.0. The number of hydrogen-bond acceptors (Lipinski definition) is 5. The van der Waals surface area contributed by atoms with E-state index < -0.39 is 17.2 Å². The van der Waals surface area contributed by atoms with Gasteiger partial charge in [-0.3, -0.25) is 18.7 Å². The Morgan fingerprint density at radius 3 is 2.43 bits per heavy atom. The van der Waals surface area contributed by atoms with E-state index in [1.165, 1.54) is 20.3 Å². The Morgan fingerprint density at radius 2 is 1.83 bits per heavy atom. The zero-order valence-electron chi connectivity index (χ0n) is 12.9. The van der Waals surface area contributed by atoms with Crippen molar-refractivity contribution in [2.24, 2.45) is 19.2 Å². The number of hydrazone groups is 1. The third-order valence-corrected chi connectivity index (χ3v) is 3.25. The van der Waals surface area contributed by atoms with E-state index in [1.807, 2.05) is 0 Å². The lowest BCUT2D eigenvalue weighted by atomic mass is 10.2. The molecule has 2 rings (SSSR count). The number of carbonyl (C=O) groups excluding carboxylic acids is 1. The summed E-state index contributed by atoms with van der Waals surface area (Å²) in [6.07, 6.45) is 1.44. The molecule has 0 radical (unpaired) electrons. The molecule has 0 bridgehead atoms. The fourth-order valence-corrected chi connectivity index (χ4v) is 1.86. The molecule has 8 heteroatoms. The standard InChI is InChI=1S/C15H16N4O4/c1-18-12(8-13(20)19(2)15(18)22)14(21)17-16-9-10-4-6-11(23-3)7-5-10/h4-9H,1-3H3,(H,17,21). The van der Waals surface area contributed by atoms with Gasteiger partial charge in [-0.15, -0.1) is 0 Å². The fourth-order valence-electron chi connectivity index (χ4n) is 1.86. The van der Waals surface area contributed by atoms with Gasteiger partial charge in [-0.1, -0.05) is 0 Å². The van der Waals surface area contributed by atoms with Crippen molar-refractivity contribution in [2.75, 3.05) is 7.11 Å². The van der Waals surface area contributed by atoms with Crippen LogP contribution in [-0.2, 0) is 14.1 Å². The van der Waals surface area contributed by atoms with Crippen molar-refractivity contribution in [3.05, 3.63) is 62.4 Å². The number of nitrogens with one attached hydrogen (secondary N) is 1. The minimum atomic E-state index is -0.646. The van der Waals surface area contributed by atoms with E-state index in [1.54, 1.807) is 31.4 Å². The van der Waals surface area contributed by atoms with E-state index in [-0.39, 0.29) is 5.69 Å². The largest absolute Gasteiger partial charge is 0.497 e. The number of benzene rings is 1. The summed E-state index contributed by atoms with van der Waals surface area (Å²) in [7, 11) is 4.32. The van der Waals surface area contributed by atoms with Gasteiger partial charge >= 0.3 is 5.69 Å². The van der Waals surface area contributed by atoms with Crippen LogP contribution in [0.2, 0.25) is 0 Å². The maximum atomic E-state index is 12.0. The molecular weight excluding hydrogens is 300 g/mol. The minimum absolute atomic E-state index is 0.0648. The number of aromatic nitrogens is 2. The quantitative estimate of drug-likeness (QED) is 0.627. The summed E-state index contributed by atoms with van der Waals surface area (Å²) in [4.78, 5) is 35.4. The third kappa shape index (κ3) is 3.54. The van der Waals surface area contributed by atoms with Crippen LogP contribution in [0.15, 0.2) is 45.0 Å². The number of hydrogen-bond donors (Lipinski definition) is 1. The van der Waals surface area contributed by atoms with Gasteiger partial charge in [-0.25, -0.2) is 10.2 Å². The van der Waals surface area contributed by atoms with Crippen LogP contribution >= 0.6 is 0 Å². The predicted octanol–water partition coefficient (Wildman–Crippen LogP) is -0.143. The van der Waals surface area contributed by atoms with Crippen molar-refractivity contribution >= 4 is 12.1 Å². The van der Waals surface area contributed by atoms with Crippen LogP contribution in [0, 0.1) is 0 Å². The molecule has 0 saturated carbocycles. The molecule has 120 valence electrons. The van der Waals surface area contributed by atoms with E-state index in [4.69, 9.17) is 4.74 Å². The second kappa shape index (κ2) is 6.73. The molecule has 0 spiro atoms. The van der Waals surface area contributed by atoms with Crippen molar-refractivity contribution in [1.82, 2.24) is 14.6 Å². The topological polar surface area (TPSA) is 94.7 Å². The van der Waals surface area contributed by atoms with E-state index in [9.17, 15) is 14.4 Å². The second-order valence-electron chi connectivity index (χ2n) is 4.74. The molecule has 2 aromatic rings. The molecule has 0 aliphatic heterocycles. The number of amides is 1. The van der Waals surface area contributed by atoms with Gasteiger partial charge in [0.25, 0.3) is 11.5 Å². The van der Waals surface area contributed by atoms with E-state index in [2.05, 4.69) is 10.5 Å². The van der Waals surface area contributed by atoms with Crippen LogP contribution in [0.1, 0.15) is 16.1 Å². The lowest BCUT2D eigenvalue weighted by molar-refractivity contribution is 0.0945. The molecule has 0 saturated heterocycles. The molecule has 1 amide bonds. The number of ether oxygens (including phenoxy) is 1. The van der Waals surface area contributed by atoms with Gasteiger partial charge in [0.05, 0.1) is 13.3 Å². The summed E-state index contributed by atoms with van der Waals surface area (Å²) < 4.78 is 7.03. The van der Waals surface area contributed by atoms with Crippen molar-refractivity contribution in [1.29, 1.82) is 0 Å². The maximum absolute atomic E-state index is 12.0. The lowest BCUT2D eigenvalue weighted by Gasteiger charge is -2.07. The number of rotatable bonds is 4. The lowest BCUT2D eigenvalue weighted by Crippen LogP contribution is -2.40. The molecule has 1 aromatic carbocycles. The number of carbonyl (C=O) groups is 1. The molecule has 1 aromatic heterocycles. The molecular formula is C15H16N4O4. The van der Waals surface area contributed by atoms with Gasteiger partial charge in [0.1, 0.15) is 11.4 Å². The summed E-state index contributed by atoms with van der Waals surface area (Å²) in [6.45, 7) is 0. The molecule has 0 atom stereocenters. The van der Waals surface area contributed by atoms with Gasteiger partial charge in [0, 0.05) is 20.2 Å². The molecule has 1 N–H and O–H groups in total. The van der Waals surface area contributed by atoms with Crippen LogP contribution in [0.4, 0.5) is 0 Å². The van der Waals surface area contributed by atoms with Crippen molar-refractivity contribution in [2.45, 2.75) is 0 Å². The minimum Gasteiger partial charge on any atom is -0.497 e. The van der Waals surface area contributed by atoms with E-state index in [0.717, 1.165) is 20.8 Å². The molecule has 0 unspecified atom stereocenters. The summed E-state index contributed by atoms with van der Waals surface area (Å²) in [5, 5.41) is 3.81. The number of methoxy groups -OCH3 is 1. The van der Waals surface area contributed by atoms with E-state index in [0.29, 0.717) is 5.75 Å². The highest BCUT2D eigenvalue weighted by atomic mass is 16.5. The Labute approximate surface area is 131 Å². The fraction of sp³-hybridized carbons (Fsp3) is 0.200. The molecule has 23 heavy (non-hydrogen) atoms. The SMILES string of the molecule is COc1ccc(C=NNC(=O)c2cc(=O)n(C)c(=O)n2C)cc1.